The van der Waals surface area contributed by atoms with Gasteiger partial charge >= 0.3 is 5.97 Å². The Labute approximate surface area is 171 Å². The van der Waals surface area contributed by atoms with Gasteiger partial charge in [0.05, 0.1) is 34.5 Å². The summed E-state index contributed by atoms with van der Waals surface area (Å²) in [5, 5.41) is 3.63. The molecule has 0 aromatic heterocycles. The van der Waals surface area contributed by atoms with Crippen LogP contribution in [-0.2, 0) is 9.53 Å². The van der Waals surface area contributed by atoms with Crippen LogP contribution in [0.4, 0.5) is 5.69 Å². The molecule has 1 N–H and O–H groups in total. The van der Waals surface area contributed by atoms with E-state index in [1.165, 1.54) is 25.3 Å². The third-order valence-electron chi connectivity index (χ3n) is 3.41. The lowest BCUT2D eigenvalue weighted by atomic mass is 10.1. The molecule has 5 nitrogen and oxygen atoms in total. The van der Waals surface area contributed by atoms with Gasteiger partial charge in [0.2, 0.25) is 5.91 Å². The molecule has 0 fully saturated rings. The molecule has 0 saturated heterocycles. The maximum atomic E-state index is 12.2. The molecule has 0 saturated carbocycles. The molecular formula is C19H16Cl3NO4. The number of ether oxygens (including phenoxy) is 2. The molecule has 27 heavy (non-hydrogen) atoms. The summed E-state index contributed by atoms with van der Waals surface area (Å²) in [5.74, 6) is -0.746. The zero-order valence-corrected chi connectivity index (χ0v) is 16.8. The molecule has 0 heterocycles. The number of hydrogen-bond acceptors (Lipinski definition) is 4. The number of nitrogens with one attached hydrogen (secondary N) is 1. The maximum absolute atomic E-state index is 12.2. The average molecular weight is 429 g/mol. The number of amides is 1. The summed E-state index contributed by atoms with van der Waals surface area (Å²) < 4.78 is 10.1. The van der Waals surface area contributed by atoms with E-state index in [4.69, 9.17) is 44.3 Å². The fourth-order valence-corrected chi connectivity index (χ4v) is 2.67. The van der Waals surface area contributed by atoms with Gasteiger partial charge in [-0.2, -0.15) is 0 Å². The largest absolute Gasteiger partial charge is 0.496 e. The molecule has 1 amide bonds. The number of anilines is 1. The quantitative estimate of drug-likeness (QED) is 0.488. The molecule has 142 valence electrons. The van der Waals surface area contributed by atoms with E-state index in [1.807, 2.05) is 0 Å². The minimum atomic E-state index is -0.561. The molecule has 2 aromatic rings. The van der Waals surface area contributed by atoms with Crippen LogP contribution >= 0.6 is 34.8 Å². The third kappa shape index (κ3) is 5.63. The lowest BCUT2D eigenvalue weighted by molar-refractivity contribution is -0.111. The lowest BCUT2D eigenvalue weighted by Gasteiger charge is -2.12. The fourth-order valence-electron chi connectivity index (χ4n) is 2.15. The van der Waals surface area contributed by atoms with Crippen LogP contribution in [0.15, 0.2) is 36.4 Å². The van der Waals surface area contributed by atoms with Gasteiger partial charge in [0.1, 0.15) is 11.3 Å². The summed E-state index contributed by atoms with van der Waals surface area (Å²) in [6, 6.07) is 7.84. The van der Waals surface area contributed by atoms with Crippen LogP contribution in [0, 0.1) is 0 Å². The van der Waals surface area contributed by atoms with Gasteiger partial charge in [0.15, 0.2) is 0 Å². The summed E-state index contributed by atoms with van der Waals surface area (Å²) in [5.41, 5.74) is 1.18. The molecule has 0 atom stereocenters. The molecule has 0 radical (unpaired) electrons. The van der Waals surface area contributed by atoms with Gasteiger partial charge in [-0.05, 0) is 36.8 Å². The van der Waals surface area contributed by atoms with Gasteiger partial charge in [-0.25, -0.2) is 4.79 Å². The van der Waals surface area contributed by atoms with E-state index in [-0.39, 0.29) is 22.9 Å². The molecule has 0 bridgehead atoms. The number of hydrogen-bond donors (Lipinski definition) is 1. The van der Waals surface area contributed by atoms with Crippen molar-refractivity contribution in [1.29, 1.82) is 0 Å². The molecule has 2 aromatic carbocycles. The normalized spacial score (nSPS) is 10.7. The topological polar surface area (TPSA) is 64.6 Å². The van der Waals surface area contributed by atoms with Gasteiger partial charge in [0.25, 0.3) is 0 Å². The summed E-state index contributed by atoms with van der Waals surface area (Å²) >= 11 is 18.0. The van der Waals surface area contributed by atoms with Crippen LogP contribution in [0.5, 0.6) is 5.75 Å². The first-order chi connectivity index (χ1) is 12.8. The SMILES string of the molecule is CCOC(=O)c1cc(Cl)c(NC(=O)/C=C/c2ccc(Cl)c(Cl)c2)cc1OC. The van der Waals surface area contributed by atoms with E-state index < -0.39 is 11.9 Å². The van der Waals surface area contributed by atoms with Crippen molar-refractivity contribution in [3.05, 3.63) is 62.6 Å². The highest BCUT2D eigenvalue weighted by atomic mass is 35.5. The van der Waals surface area contributed by atoms with Crippen LogP contribution in [-0.4, -0.2) is 25.6 Å². The Hall–Kier alpha value is -2.21. The summed E-state index contributed by atoms with van der Waals surface area (Å²) in [6.07, 6.45) is 2.90. The van der Waals surface area contributed by atoms with Crippen LogP contribution in [0.3, 0.4) is 0 Å². The Bertz CT molecular complexity index is 897. The zero-order chi connectivity index (χ0) is 20.0. The highest BCUT2D eigenvalue weighted by molar-refractivity contribution is 6.42. The van der Waals surface area contributed by atoms with Crippen molar-refractivity contribution < 1.29 is 19.1 Å². The average Bonchev–Trinajstić information content (AvgIpc) is 2.64. The van der Waals surface area contributed by atoms with Crippen molar-refractivity contribution >= 4 is 58.4 Å². The van der Waals surface area contributed by atoms with Gasteiger partial charge in [-0.3, -0.25) is 4.79 Å². The van der Waals surface area contributed by atoms with Crippen LogP contribution < -0.4 is 10.1 Å². The third-order valence-corrected chi connectivity index (χ3v) is 4.46. The molecule has 0 unspecified atom stereocenters. The van der Waals surface area contributed by atoms with Crippen LogP contribution in [0.2, 0.25) is 15.1 Å². The maximum Gasteiger partial charge on any atom is 0.341 e. The Kier molecular flexibility index (Phi) is 7.54. The fraction of sp³-hybridized carbons (Fsp3) is 0.158. The first-order valence-electron chi connectivity index (χ1n) is 7.84. The van der Waals surface area contributed by atoms with Crippen molar-refractivity contribution in [2.24, 2.45) is 0 Å². The van der Waals surface area contributed by atoms with Gasteiger partial charge < -0.3 is 14.8 Å². The second-order valence-corrected chi connectivity index (χ2v) is 6.47. The van der Waals surface area contributed by atoms with E-state index in [2.05, 4.69) is 5.32 Å². The number of carbonyl (C=O) groups is 2. The predicted octanol–water partition coefficient (Wildman–Crippen LogP) is 5.48. The van der Waals surface area contributed by atoms with Crippen molar-refractivity contribution in [2.45, 2.75) is 6.92 Å². The Morgan fingerprint density at radius 3 is 2.44 bits per heavy atom. The van der Waals surface area contributed by atoms with Gasteiger partial charge in [0, 0.05) is 12.1 Å². The smallest absolute Gasteiger partial charge is 0.341 e. The second kappa shape index (κ2) is 9.65. The molecule has 2 rings (SSSR count). The summed E-state index contributed by atoms with van der Waals surface area (Å²) in [6.45, 7) is 1.92. The minimum absolute atomic E-state index is 0.175. The molecule has 0 spiro atoms. The van der Waals surface area contributed by atoms with Crippen molar-refractivity contribution in [2.75, 3.05) is 19.0 Å². The number of rotatable bonds is 6. The Balaban J connectivity index is 2.18. The summed E-state index contributed by atoms with van der Waals surface area (Å²) in [7, 11) is 1.40. The molecule has 0 aliphatic heterocycles. The van der Waals surface area contributed by atoms with Crippen LogP contribution in [0.25, 0.3) is 6.08 Å². The number of carbonyl (C=O) groups excluding carboxylic acids is 2. The number of esters is 1. The van der Waals surface area contributed by atoms with Crippen LogP contribution in [0.1, 0.15) is 22.8 Å². The van der Waals surface area contributed by atoms with Gasteiger partial charge in [-0.1, -0.05) is 40.9 Å². The van der Waals surface area contributed by atoms with E-state index in [0.717, 1.165) is 0 Å². The monoisotopic (exact) mass is 427 g/mol. The second-order valence-electron chi connectivity index (χ2n) is 5.25. The Morgan fingerprint density at radius 2 is 1.81 bits per heavy atom. The highest BCUT2D eigenvalue weighted by Gasteiger charge is 2.17. The van der Waals surface area contributed by atoms with E-state index in [0.29, 0.717) is 21.3 Å². The summed E-state index contributed by atoms with van der Waals surface area (Å²) in [4.78, 5) is 24.1. The first-order valence-corrected chi connectivity index (χ1v) is 8.97. The van der Waals surface area contributed by atoms with Crippen molar-refractivity contribution in [1.82, 2.24) is 0 Å². The van der Waals surface area contributed by atoms with E-state index in [9.17, 15) is 9.59 Å². The molecule has 0 aliphatic rings. The van der Waals surface area contributed by atoms with E-state index in [1.54, 1.807) is 31.2 Å². The van der Waals surface area contributed by atoms with Crippen molar-refractivity contribution in [3.8, 4) is 5.75 Å². The zero-order valence-electron chi connectivity index (χ0n) is 14.5. The standard InChI is InChI=1S/C19H16Cl3NO4/c1-3-27-19(25)12-9-15(22)16(10-17(12)26-2)23-18(24)7-5-11-4-6-13(20)14(21)8-11/h4-10H,3H2,1-2H3,(H,23,24)/b7-5+. The Morgan fingerprint density at radius 1 is 1.07 bits per heavy atom. The lowest BCUT2D eigenvalue weighted by Crippen LogP contribution is -2.11. The van der Waals surface area contributed by atoms with E-state index >= 15 is 0 Å². The van der Waals surface area contributed by atoms with Gasteiger partial charge in [-0.15, -0.1) is 0 Å². The minimum Gasteiger partial charge on any atom is -0.496 e. The number of benzene rings is 2. The first kappa shape index (κ1) is 21.1. The molecule has 8 heteroatoms. The number of methoxy groups -OCH3 is 1. The van der Waals surface area contributed by atoms with Crippen molar-refractivity contribution in [3.63, 3.8) is 0 Å². The number of halogens is 3. The molecular weight excluding hydrogens is 413 g/mol. The highest BCUT2D eigenvalue weighted by Crippen LogP contribution is 2.31. The molecule has 0 aliphatic carbocycles. The predicted molar refractivity (Wildman–Crippen MR) is 108 cm³/mol.